The fourth-order valence-electron chi connectivity index (χ4n) is 3.09. The average Bonchev–Trinajstić information content (AvgIpc) is 2.56. The zero-order chi connectivity index (χ0) is 16.1. The number of nitrogens with zero attached hydrogens (tertiary/aromatic N) is 1. The highest BCUT2D eigenvalue weighted by Gasteiger charge is 2.34. The molecule has 2 amide bonds. The van der Waals surface area contributed by atoms with Gasteiger partial charge in [0.25, 0.3) is 11.8 Å². The summed E-state index contributed by atoms with van der Waals surface area (Å²) in [6.45, 7) is 1.80. The molecule has 0 saturated heterocycles. The van der Waals surface area contributed by atoms with Gasteiger partial charge in [0.1, 0.15) is 0 Å². The monoisotopic (exact) mass is 321 g/mol. The molecule has 4 heteroatoms. The average molecular weight is 322 g/mol. The molecule has 0 spiro atoms. The van der Waals surface area contributed by atoms with E-state index in [0.717, 1.165) is 10.8 Å². The normalized spacial score (nSPS) is 13.7. The van der Waals surface area contributed by atoms with E-state index in [2.05, 4.69) is 0 Å². The molecule has 0 bridgehead atoms. The molecule has 1 aliphatic rings. The lowest BCUT2D eigenvalue weighted by molar-refractivity contribution is 0.0893. The Bertz CT molecular complexity index is 943. The third-order valence-corrected chi connectivity index (χ3v) is 4.66. The summed E-state index contributed by atoms with van der Waals surface area (Å²) in [4.78, 5) is 27.1. The van der Waals surface area contributed by atoms with Crippen LogP contribution in [0.25, 0.3) is 10.8 Å². The number of rotatable bonds is 1. The molecule has 0 unspecified atom stereocenters. The molecular formula is C19H12ClNO2. The highest BCUT2D eigenvalue weighted by Crippen LogP contribution is 2.35. The Balaban J connectivity index is 2.02. The van der Waals surface area contributed by atoms with Crippen molar-refractivity contribution in [3.63, 3.8) is 0 Å². The predicted molar refractivity (Wildman–Crippen MR) is 91.3 cm³/mol. The first-order valence-corrected chi connectivity index (χ1v) is 7.63. The minimum Gasteiger partial charge on any atom is -0.268 e. The van der Waals surface area contributed by atoms with E-state index in [9.17, 15) is 9.59 Å². The van der Waals surface area contributed by atoms with Gasteiger partial charge < -0.3 is 0 Å². The molecule has 1 aliphatic heterocycles. The van der Waals surface area contributed by atoms with Gasteiger partial charge in [0, 0.05) is 21.5 Å². The fourth-order valence-corrected chi connectivity index (χ4v) is 3.26. The van der Waals surface area contributed by atoms with Crippen LogP contribution in [-0.2, 0) is 0 Å². The minimum atomic E-state index is -0.315. The molecule has 4 rings (SSSR count). The van der Waals surface area contributed by atoms with E-state index in [1.165, 1.54) is 4.90 Å². The molecule has 0 aromatic heterocycles. The number of carbonyl (C=O) groups is 2. The maximum Gasteiger partial charge on any atom is 0.265 e. The Hall–Kier alpha value is -2.65. The lowest BCUT2D eigenvalue weighted by Gasteiger charge is -2.28. The molecule has 3 aromatic rings. The van der Waals surface area contributed by atoms with Crippen LogP contribution in [0.4, 0.5) is 5.69 Å². The van der Waals surface area contributed by atoms with E-state index in [4.69, 9.17) is 11.6 Å². The van der Waals surface area contributed by atoms with Crippen LogP contribution in [0.3, 0.4) is 0 Å². The van der Waals surface area contributed by atoms with Crippen molar-refractivity contribution in [2.24, 2.45) is 0 Å². The van der Waals surface area contributed by atoms with E-state index in [1.54, 1.807) is 37.3 Å². The van der Waals surface area contributed by atoms with Gasteiger partial charge >= 0.3 is 0 Å². The Morgan fingerprint density at radius 2 is 1.39 bits per heavy atom. The number of carbonyl (C=O) groups excluding carboxylic acids is 2. The van der Waals surface area contributed by atoms with Gasteiger partial charge in [0.2, 0.25) is 0 Å². The maximum absolute atomic E-state index is 12.9. The molecule has 112 valence electrons. The second-order valence-corrected chi connectivity index (χ2v) is 5.95. The zero-order valence-corrected chi connectivity index (χ0v) is 13.1. The molecule has 3 aromatic carbocycles. The van der Waals surface area contributed by atoms with E-state index in [1.807, 2.05) is 24.3 Å². The molecular weight excluding hydrogens is 310 g/mol. The summed E-state index contributed by atoms with van der Waals surface area (Å²) in [5.41, 5.74) is 2.32. The summed E-state index contributed by atoms with van der Waals surface area (Å²) in [7, 11) is 0. The van der Waals surface area contributed by atoms with Crippen molar-refractivity contribution in [2.75, 3.05) is 4.90 Å². The number of hydrogen-bond acceptors (Lipinski definition) is 2. The first-order valence-electron chi connectivity index (χ1n) is 7.25. The van der Waals surface area contributed by atoms with Crippen molar-refractivity contribution in [1.29, 1.82) is 0 Å². The van der Waals surface area contributed by atoms with Crippen molar-refractivity contribution in [1.82, 2.24) is 0 Å². The van der Waals surface area contributed by atoms with Crippen molar-refractivity contribution < 1.29 is 9.59 Å². The summed E-state index contributed by atoms with van der Waals surface area (Å²) in [6.07, 6.45) is 0. The Morgan fingerprint density at radius 1 is 0.826 bits per heavy atom. The van der Waals surface area contributed by atoms with Gasteiger partial charge in [-0.2, -0.15) is 0 Å². The quantitative estimate of drug-likeness (QED) is 0.614. The minimum absolute atomic E-state index is 0.315. The van der Waals surface area contributed by atoms with Crippen LogP contribution < -0.4 is 4.90 Å². The molecule has 0 saturated carbocycles. The summed E-state index contributed by atoms with van der Waals surface area (Å²) in [5, 5.41) is 2.14. The van der Waals surface area contributed by atoms with E-state index in [-0.39, 0.29) is 11.8 Å². The van der Waals surface area contributed by atoms with Crippen LogP contribution in [0.1, 0.15) is 26.3 Å². The Kier molecular flexibility index (Phi) is 3.00. The maximum atomic E-state index is 12.9. The van der Waals surface area contributed by atoms with Gasteiger partial charge in [-0.05, 0) is 42.1 Å². The van der Waals surface area contributed by atoms with Crippen LogP contribution in [0.15, 0.2) is 54.6 Å². The molecule has 0 aliphatic carbocycles. The van der Waals surface area contributed by atoms with Crippen molar-refractivity contribution in [2.45, 2.75) is 6.92 Å². The molecule has 0 radical (unpaired) electrons. The first-order chi connectivity index (χ1) is 11.1. The van der Waals surface area contributed by atoms with Crippen LogP contribution in [0.5, 0.6) is 0 Å². The number of anilines is 1. The highest BCUT2D eigenvalue weighted by molar-refractivity contribution is 6.37. The van der Waals surface area contributed by atoms with Gasteiger partial charge in [-0.15, -0.1) is 0 Å². The molecule has 3 nitrogen and oxygen atoms in total. The smallest absolute Gasteiger partial charge is 0.265 e. The molecule has 23 heavy (non-hydrogen) atoms. The number of hydrogen-bond donors (Lipinski definition) is 0. The van der Waals surface area contributed by atoms with E-state index >= 15 is 0 Å². The number of imide groups is 1. The SMILES string of the molecule is Cc1c(Cl)cccc1N1C(=O)c2cccc3cccc(c23)C1=O. The first kappa shape index (κ1) is 14.0. The largest absolute Gasteiger partial charge is 0.268 e. The standard InChI is InChI=1S/C19H12ClNO2/c1-11-15(20)9-4-10-16(11)21-18(22)13-7-2-5-12-6-3-8-14(17(12)13)19(21)23/h2-10H,1H3. The third kappa shape index (κ3) is 1.90. The van der Waals surface area contributed by atoms with E-state index in [0.29, 0.717) is 27.4 Å². The number of halogens is 1. The van der Waals surface area contributed by atoms with Crippen molar-refractivity contribution in [3.05, 3.63) is 76.3 Å². The van der Waals surface area contributed by atoms with Crippen molar-refractivity contribution >= 4 is 39.9 Å². The molecule has 1 heterocycles. The summed E-state index contributed by atoms with van der Waals surface area (Å²) in [6, 6.07) is 16.2. The van der Waals surface area contributed by atoms with Crippen LogP contribution in [0, 0.1) is 6.92 Å². The highest BCUT2D eigenvalue weighted by atomic mass is 35.5. The predicted octanol–water partition coefficient (Wildman–Crippen LogP) is 4.60. The van der Waals surface area contributed by atoms with Gasteiger partial charge in [-0.1, -0.05) is 41.9 Å². The number of benzene rings is 3. The number of amides is 2. The van der Waals surface area contributed by atoms with Gasteiger partial charge in [0.05, 0.1) is 5.69 Å². The topological polar surface area (TPSA) is 37.4 Å². The summed E-state index contributed by atoms with van der Waals surface area (Å²) < 4.78 is 0. The summed E-state index contributed by atoms with van der Waals surface area (Å²) in [5.74, 6) is -0.630. The summed E-state index contributed by atoms with van der Waals surface area (Å²) >= 11 is 6.16. The Morgan fingerprint density at radius 3 is 2.00 bits per heavy atom. The second-order valence-electron chi connectivity index (χ2n) is 5.54. The Labute approximate surface area is 138 Å². The molecule has 0 atom stereocenters. The van der Waals surface area contributed by atoms with Gasteiger partial charge in [-0.3, -0.25) is 9.59 Å². The second kappa shape index (κ2) is 4.93. The van der Waals surface area contributed by atoms with Crippen molar-refractivity contribution in [3.8, 4) is 0 Å². The van der Waals surface area contributed by atoms with Crippen LogP contribution in [-0.4, -0.2) is 11.8 Å². The van der Waals surface area contributed by atoms with E-state index < -0.39 is 0 Å². The molecule has 0 N–H and O–H groups in total. The zero-order valence-electron chi connectivity index (χ0n) is 12.3. The third-order valence-electron chi connectivity index (χ3n) is 4.25. The van der Waals surface area contributed by atoms with Gasteiger partial charge in [-0.25, -0.2) is 4.90 Å². The lowest BCUT2D eigenvalue weighted by atomic mass is 9.93. The van der Waals surface area contributed by atoms with Crippen LogP contribution in [0.2, 0.25) is 5.02 Å². The van der Waals surface area contributed by atoms with Gasteiger partial charge in [0.15, 0.2) is 0 Å². The fraction of sp³-hybridized carbons (Fsp3) is 0.0526. The lowest BCUT2D eigenvalue weighted by Crippen LogP contribution is -2.40. The molecule has 0 fully saturated rings. The van der Waals surface area contributed by atoms with Crippen LogP contribution >= 0.6 is 11.6 Å².